The molecule has 3 amide bonds. The number of nitrogens with one attached hydrogen (secondary N) is 3. The Bertz CT molecular complexity index is 1900. The van der Waals surface area contributed by atoms with Gasteiger partial charge in [-0.05, 0) is 60.0 Å². The van der Waals surface area contributed by atoms with Gasteiger partial charge in [-0.15, -0.1) is 5.10 Å². The minimum atomic E-state index is -0.851. The number of aromatic nitrogens is 6. The van der Waals surface area contributed by atoms with Gasteiger partial charge in [0.15, 0.2) is 11.5 Å². The van der Waals surface area contributed by atoms with Gasteiger partial charge in [0.1, 0.15) is 23.8 Å². The normalized spacial score (nSPS) is 16.4. The van der Waals surface area contributed by atoms with E-state index in [2.05, 4.69) is 36.1 Å². The molecule has 256 valence electrons. The molecule has 2 aromatic carbocycles. The van der Waals surface area contributed by atoms with Crippen LogP contribution >= 0.6 is 0 Å². The number of rotatable bonds is 6. The van der Waals surface area contributed by atoms with E-state index in [-0.39, 0.29) is 43.5 Å². The van der Waals surface area contributed by atoms with Crippen LogP contribution < -0.4 is 20.1 Å². The summed E-state index contributed by atoms with van der Waals surface area (Å²) in [6.45, 7) is 3.33. The number of aryl methyl sites for hydroxylation is 2. The number of carbonyl (C=O) groups is 3. The van der Waals surface area contributed by atoms with Crippen molar-refractivity contribution in [3.63, 3.8) is 0 Å². The second kappa shape index (κ2) is 15.4. The molecule has 4 bridgehead atoms. The molecule has 2 aliphatic heterocycles. The zero-order valence-corrected chi connectivity index (χ0v) is 27.5. The molecule has 7 rings (SSSR count). The van der Waals surface area contributed by atoms with Crippen LogP contribution in [0.25, 0.3) is 22.4 Å². The first kappa shape index (κ1) is 33.2. The first-order chi connectivity index (χ1) is 23.9. The van der Waals surface area contributed by atoms with Gasteiger partial charge in [-0.3, -0.25) is 14.4 Å². The lowest BCUT2D eigenvalue weighted by atomic mass is 10.0. The number of para-hydroxylation sites is 1. The predicted octanol–water partition coefficient (Wildman–Crippen LogP) is 2.95. The number of nitrogens with zero attached hydrogens (tertiary/aromatic N) is 6. The van der Waals surface area contributed by atoms with E-state index in [0.717, 1.165) is 16.5 Å². The first-order valence-electron chi connectivity index (χ1n) is 16.3. The highest BCUT2D eigenvalue weighted by molar-refractivity contribution is 5.89. The molecule has 2 aliphatic rings. The molecule has 0 unspecified atom stereocenters. The quantitative estimate of drug-likeness (QED) is 0.243. The van der Waals surface area contributed by atoms with Crippen LogP contribution in [-0.2, 0) is 33.9 Å². The first-order valence-corrected chi connectivity index (χ1v) is 16.3. The Morgan fingerprint density at radius 1 is 1.12 bits per heavy atom. The van der Waals surface area contributed by atoms with Crippen molar-refractivity contribution >= 4 is 28.6 Å². The zero-order chi connectivity index (χ0) is 34.2. The zero-order valence-electron chi connectivity index (χ0n) is 27.5. The summed E-state index contributed by atoms with van der Waals surface area (Å²) in [4.78, 5) is 49.8. The van der Waals surface area contributed by atoms with E-state index in [1.54, 1.807) is 31.1 Å². The molecule has 0 saturated heterocycles. The minimum absolute atomic E-state index is 0.0896. The van der Waals surface area contributed by atoms with Crippen LogP contribution in [0.15, 0.2) is 59.4 Å². The molecule has 3 aromatic heterocycles. The van der Waals surface area contributed by atoms with E-state index in [1.165, 1.54) is 11.0 Å². The van der Waals surface area contributed by atoms with Crippen molar-refractivity contribution in [3.8, 4) is 23.0 Å². The van der Waals surface area contributed by atoms with E-state index in [1.807, 2.05) is 36.5 Å². The highest BCUT2D eigenvalue weighted by Crippen LogP contribution is 2.33. The third kappa shape index (κ3) is 8.23. The maximum Gasteiger partial charge on any atom is 0.243 e. The summed E-state index contributed by atoms with van der Waals surface area (Å²) in [7, 11) is 1.56. The summed E-state index contributed by atoms with van der Waals surface area (Å²) < 4.78 is 19.1. The SMILES string of the molecule is COc1cc2ccc1OCCCN(C(=O)CCn1cnnn1)CCCC(=O)N[C@@H](Cc1c[nH]c3ccccc13)C(=O)NCc1nc-2oc1C. The molecule has 5 heterocycles. The molecule has 49 heavy (non-hydrogen) atoms. The number of benzene rings is 2. The fourth-order valence-electron chi connectivity index (χ4n) is 5.81. The highest BCUT2D eigenvalue weighted by Gasteiger charge is 2.24. The van der Waals surface area contributed by atoms with Crippen LogP contribution in [0.5, 0.6) is 11.5 Å². The molecule has 0 aliphatic carbocycles. The van der Waals surface area contributed by atoms with Crippen molar-refractivity contribution in [1.29, 1.82) is 0 Å². The number of hydrogen-bond acceptors (Lipinski definition) is 10. The van der Waals surface area contributed by atoms with Crippen molar-refractivity contribution in [2.45, 2.75) is 58.2 Å². The van der Waals surface area contributed by atoms with Gasteiger partial charge in [0.05, 0.1) is 26.8 Å². The molecule has 0 saturated carbocycles. The second-order valence-corrected chi connectivity index (χ2v) is 11.8. The van der Waals surface area contributed by atoms with E-state index in [9.17, 15) is 14.4 Å². The Morgan fingerprint density at radius 3 is 2.82 bits per heavy atom. The maximum atomic E-state index is 13.7. The van der Waals surface area contributed by atoms with Gasteiger partial charge >= 0.3 is 0 Å². The van der Waals surface area contributed by atoms with E-state index < -0.39 is 6.04 Å². The molecule has 0 radical (unpaired) electrons. The van der Waals surface area contributed by atoms with Crippen molar-refractivity contribution in [1.82, 2.24) is 45.7 Å². The van der Waals surface area contributed by atoms with Crippen molar-refractivity contribution < 1.29 is 28.3 Å². The molecule has 0 fully saturated rings. The van der Waals surface area contributed by atoms with Crippen LogP contribution in [0.2, 0.25) is 0 Å². The number of ether oxygens (including phenoxy) is 2. The summed E-state index contributed by atoms with van der Waals surface area (Å²) in [5.74, 6) is 1.26. The molecular weight excluding hydrogens is 630 g/mol. The number of methoxy groups -OCH3 is 1. The fourth-order valence-corrected chi connectivity index (χ4v) is 5.81. The summed E-state index contributed by atoms with van der Waals surface area (Å²) in [6.07, 6.45) is 4.87. The monoisotopic (exact) mass is 669 g/mol. The number of tetrazole rings is 1. The maximum absolute atomic E-state index is 13.7. The van der Waals surface area contributed by atoms with Crippen LogP contribution in [0.1, 0.15) is 42.7 Å². The molecule has 15 nitrogen and oxygen atoms in total. The number of oxazole rings is 1. The van der Waals surface area contributed by atoms with E-state index in [4.69, 9.17) is 13.9 Å². The predicted molar refractivity (Wildman–Crippen MR) is 177 cm³/mol. The van der Waals surface area contributed by atoms with Gasteiger partial charge in [-0.2, -0.15) is 0 Å². The number of fused-ring (bicyclic) bond motifs is 16. The van der Waals surface area contributed by atoms with Crippen molar-refractivity contribution in [2.75, 3.05) is 26.8 Å². The largest absolute Gasteiger partial charge is 0.493 e. The Hall–Kier alpha value is -5.73. The molecule has 3 N–H and O–H groups in total. The lowest BCUT2D eigenvalue weighted by Crippen LogP contribution is -2.48. The van der Waals surface area contributed by atoms with Crippen molar-refractivity contribution in [3.05, 3.63) is 72.0 Å². The lowest BCUT2D eigenvalue weighted by molar-refractivity contribution is -0.132. The Balaban J connectivity index is 1.23. The van der Waals surface area contributed by atoms with Crippen molar-refractivity contribution in [2.24, 2.45) is 0 Å². The standard InChI is InChI=1S/C34H39N9O6/c1-22-28-20-36-33(46)27(17-24-19-35-26-8-4-3-7-25(24)26)38-31(44)9-5-13-42(32(45)12-15-43-21-37-40-41-43)14-6-16-48-29-11-10-23(18-30(29)47-2)34(39-28)49-22/h3-4,7-8,10-11,18-19,21,27,35H,5-6,9,12-17,20H2,1-2H3,(H,36,46)(H,38,44)/t27-/m0/s1. The molecule has 5 aromatic rings. The van der Waals surface area contributed by atoms with Crippen LogP contribution in [0, 0.1) is 6.92 Å². The van der Waals surface area contributed by atoms with Gasteiger partial charge in [0, 0.05) is 55.0 Å². The highest BCUT2D eigenvalue weighted by atomic mass is 16.5. The Kier molecular flexibility index (Phi) is 10.5. The molecule has 1 atom stereocenters. The Labute approximate surface area is 282 Å². The average molecular weight is 670 g/mol. The summed E-state index contributed by atoms with van der Waals surface area (Å²) >= 11 is 0. The number of carbonyl (C=O) groups excluding carboxylic acids is 3. The second-order valence-electron chi connectivity index (χ2n) is 11.8. The lowest BCUT2D eigenvalue weighted by Gasteiger charge is -2.23. The van der Waals surface area contributed by atoms with Gasteiger partial charge < -0.3 is 34.4 Å². The van der Waals surface area contributed by atoms with Gasteiger partial charge in [-0.25, -0.2) is 9.67 Å². The summed E-state index contributed by atoms with van der Waals surface area (Å²) in [5.41, 5.74) is 3.09. The number of H-pyrrole nitrogens is 1. The van der Waals surface area contributed by atoms with Gasteiger partial charge in [-0.1, -0.05) is 18.2 Å². The number of aromatic amines is 1. The molecular formula is C34H39N9O6. The minimum Gasteiger partial charge on any atom is -0.493 e. The third-order valence-corrected chi connectivity index (χ3v) is 8.44. The Morgan fingerprint density at radius 2 is 1.98 bits per heavy atom. The van der Waals surface area contributed by atoms with Crippen LogP contribution in [-0.4, -0.2) is 85.6 Å². The van der Waals surface area contributed by atoms with E-state index in [0.29, 0.717) is 73.5 Å². The van der Waals surface area contributed by atoms with Gasteiger partial charge in [0.2, 0.25) is 23.6 Å². The fraction of sp³-hybridized carbons (Fsp3) is 0.382. The topological polar surface area (TPSA) is 182 Å². The summed E-state index contributed by atoms with van der Waals surface area (Å²) in [5, 5.41) is 17.9. The van der Waals surface area contributed by atoms with Crippen LogP contribution in [0.4, 0.5) is 0 Å². The average Bonchev–Trinajstić information content (AvgIpc) is 3.87. The van der Waals surface area contributed by atoms with Gasteiger partial charge in [0.25, 0.3) is 0 Å². The molecule has 15 heteroatoms. The van der Waals surface area contributed by atoms with Crippen LogP contribution in [0.3, 0.4) is 0 Å². The van der Waals surface area contributed by atoms with E-state index >= 15 is 0 Å². The number of amides is 3. The molecule has 0 spiro atoms. The number of hydrogen-bond donors (Lipinski definition) is 3. The summed E-state index contributed by atoms with van der Waals surface area (Å²) in [6, 6.07) is 12.4. The smallest absolute Gasteiger partial charge is 0.243 e. The third-order valence-electron chi connectivity index (χ3n) is 8.44.